The third-order valence-electron chi connectivity index (χ3n) is 7.07. The number of carbonyl (C=O) groups excluding carboxylic acids is 1. The summed E-state index contributed by atoms with van der Waals surface area (Å²) in [7, 11) is 0. The van der Waals surface area contributed by atoms with Crippen LogP contribution in [0.1, 0.15) is 22.3 Å². The van der Waals surface area contributed by atoms with Crippen LogP contribution in [0.25, 0.3) is 0 Å². The SMILES string of the molecule is C=CCN(C(=O)OCc1ccccc1)[C@H](COCc1ccccc1)[C@H](OCc1ccccc1)[C@@H](C=C)OCc1ccccc1. The first-order valence-corrected chi connectivity index (χ1v) is 14.8. The van der Waals surface area contributed by atoms with E-state index < -0.39 is 24.3 Å². The largest absolute Gasteiger partial charge is 0.445 e. The minimum atomic E-state index is -0.642. The molecule has 0 unspecified atom stereocenters. The third kappa shape index (κ3) is 10.3. The van der Waals surface area contributed by atoms with Gasteiger partial charge in [0.25, 0.3) is 0 Å². The molecule has 3 atom stereocenters. The summed E-state index contributed by atoms with van der Waals surface area (Å²) in [6, 6.07) is 38.7. The normalized spacial score (nSPS) is 12.9. The number of nitrogens with zero attached hydrogens (tertiary/aromatic N) is 1. The van der Waals surface area contributed by atoms with Gasteiger partial charge in [0.2, 0.25) is 0 Å². The Morgan fingerprint density at radius 1 is 0.636 bits per heavy atom. The Morgan fingerprint density at radius 2 is 1.09 bits per heavy atom. The Kier molecular flexibility index (Phi) is 13.4. The van der Waals surface area contributed by atoms with E-state index in [0.717, 1.165) is 22.3 Å². The van der Waals surface area contributed by atoms with Gasteiger partial charge in [-0.1, -0.05) is 133 Å². The number of amides is 1. The molecule has 0 saturated carbocycles. The summed E-state index contributed by atoms with van der Waals surface area (Å²) in [5.74, 6) is 0. The Morgan fingerprint density at radius 3 is 1.57 bits per heavy atom. The quantitative estimate of drug-likeness (QED) is 0.111. The molecule has 0 aliphatic rings. The van der Waals surface area contributed by atoms with Crippen molar-refractivity contribution in [3.63, 3.8) is 0 Å². The summed E-state index contributed by atoms with van der Waals surface area (Å²) in [6.07, 6.45) is 1.69. The molecule has 4 aromatic carbocycles. The van der Waals surface area contributed by atoms with E-state index in [1.807, 2.05) is 121 Å². The fraction of sp³-hybridized carbons (Fsp3) is 0.237. The molecule has 0 radical (unpaired) electrons. The molecule has 0 aliphatic carbocycles. The molecule has 6 heteroatoms. The average molecular weight is 592 g/mol. The van der Waals surface area contributed by atoms with E-state index >= 15 is 0 Å². The van der Waals surface area contributed by atoms with Crippen molar-refractivity contribution in [3.8, 4) is 0 Å². The standard InChI is InChI=1S/C38H41NO5/c1-3-25-39(38(40)44-29-34-23-15-8-16-24-34)35(30-41-26-31-17-9-5-10-18-31)37(43-28-33-21-13-7-14-22-33)36(4-2)42-27-32-19-11-6-12-20-32/h3-24,35-37H,1-2,25-30H2/t35-,36-,37+/m1/s1. The topological polar surface area (TPSA) is 57.2 Å². The van der Waals surface area contributed by atoms with E-state index in [1.165, 1.54) is 0 Å². The van der Waals surface area contributed by atoms with Crippen molar-refractivity contribution in [1.29, 1.82) is 0 Å². The monoisotopic (exact) mass is 591 g/mol. The lowest BCUT2D eigenvalue weighted by Gasteiger charge is -2.38. The summed E-state index contributed by atoms with van der Waals surface area (Å²) >= 11 is 0. The molecule has 1 amide bonds. The van der Waals surface area contributed by atoms with Gasteiger partial charge in [0.15, 0.2) is 0 Å². The molecule has 0 aromatic heterocycles. The predicted molar refractivity (Wildman–Crippen MR) is 174 cm³/mol. The van der Waals surface area contributed by atoms with Crippen LogP contribution in [-0.4, -0.2) is 42.4 Å². The van der Waals surface area contributed by atoms with Crippen LogP contribution in [0.3, 0.4) is 0 Å². The molecule has 0 heterocycles. The second-order valence-electron chi connectivity index (χ2n) is 10.3. The second-order valence-corrected chi connectivity index (χ2v) is 10.3. The molecule has 228 valence electrons. The van der Waals surface area contributed by atoms with Gasteiger partial charge in [-0.2, -0.15) is 0 Å². The van der Waals surface area contributed by atoms with Crippen LogP contribution in [0.5, 0.6) is 0 Å². The van der Waals surface area contributed by atoms with E-state index in [2.05, 4.69) is 13.2 Å². The highest BCUT2D eigenvalue weighted by Crippen LogP contribution is 2.22. The van der Waals surface area contributed by atoms with Crippen LogP contribution in [0, 0.1) is 0 Å². The van der Waals surface area contributed by atoms with E-state index in [-0.39, 0.29) is 19.8 Å². The van der Waals surface area contributed by atoms with Gasteiger partial charge in [0.05, 0.1) is 32.5 Å². The van der Waals surface area contributed by atoms with Crippen LogP contribution in [0.15, 0.2) is 147 Å². The van der Waals surface area contributed by atoms with Crippen LogP contribution in [0.4, 0.5) is 4.79 Å². The maximum Gasteiger partial charge on any atom is 0.410 e. The summed E-state index contributed by atoms with van der Waals surface area (Å²) in [5, 5.41) is 0. The predicted octanol–water partition coefficient (Wildman–Crippen LogP) is 7.75. The minimum Gasteiger partial charge on any atom is -0.445 e. The molecule has 4 rings (SSSR count). The Hall–Kier alpha value is -4.49. The number of hydrogen-bond acceptors (Lipinski definition) is 5. The summed E-state index contributed by atoms with van der Waals surface area (Å²) < 4.78 is 25.1. The number of carbonyl (C=O) groups is 1. The smallest absolute Gasteiger partial charge is 0.410 e. The van der Waals surface area contributed by atoms with E-state index in [1.54, 1.807) is 17.1 Å². The summed E-state index contributed by atoms with van der Waals surface area (Å²) in [4.78, 5) is 15.3. The molecule has 0 aliphatic heterocycles. The molecule has 0 spiro atoms. The number of benzene rings is 4. The van der Waals surface area contributed by atoms with Crippen molar-refractivity contribution in [1.82, 2.24) is 4.90 Å². The van der Waals surface area contributed by atoms with Gasteiger partial charge in [-0.15, -0.1) is 13.2 Å². The Labute approximate surface area is 261 Å². The fourth-order valence-corrected chi connectivity index (χ4v) is 4.78. The van der Waals surface area contributed by atoms with Crippen LogP contribution < -0.4 is 0 Å². The zero-order valence-electron chi connectivity index (χ0n) is 25.1. The van der Waals surface area contributed by atoms with Gasteiger partial charge in [0, 0.05) is 6.54 Å². The van der Waals surface area contributed by atoms with Gasteiger partial charge in [-0.05, 0) is 22.3 Å². The fourth-order valence-electron chi connectivity index (χ4n) is 4.78. The third-order valence-corrected chi connectivity index (χ3v) is 7.07. The first kappa shape index (κ1) is 32.4. The van der Waals surface area contributed by atoms with E-state index in [9.17, 15) is 4.79 Å². The van der Waals surface area contributed by atoms with Gasteiger partial charge < -0.3 is 18.9 Å². The van der Waals surface area contributed by atoms with E-state index in [4.69, 9.17) is 18.9 Å². The van der Waals surface area contributed by atoms with Crippen molar-refractivity contribution in [2.45, 2.75) is 44.7 Å². The lowest BCUT2D eigenvalue weighted by Crippen LogP contribution is -2.54. The molecule has 0 N–H and O–H groups in total. The van der Waals surface area contributed by atoms with Crippen molar-refractivity contribution in [3.05, 3.63) is 169 Å². The molecule has 0 bridgehead atoms. The number of ether oxygens (including phenoxy) is 4. The van der Waals surface area contributed by atoms with Gasteiger partial charge in [-0.25, -0.2) is 4.79 Å². The second kappa shape index (κ2) is 18.2. The molecular weight excluding hydrogens is 550 g/mol. The maximum atomic E-state index is 13.7. The Balaban J connectivity index is 1.62. The molecule has 4 aromatic rings. The summed E-state index contributed by atoms with van der Waals surface area (Å²) in [5.41, 5.74) is 3.93. The average Bonchev–Trinajstić information content (AvgIpc) is 3.08. The molecular formula is C38H41NO5. The highest BCUT2D eigenvalue weighted by atomic mass is 16.6. The Bertz CT molecular complexity index is 1380. The zero-order valence-corrected chi connectivity index (χ0v) is 25.1. The highest BCUT2D eigenvalue weighted by Gasteiger charge is 2.37. The molecule has 6 nitrogen and oxygen atoms in total. The minimum absolute atomic E-state index is 0.135. The zero-order chi connectivity index (χ0) is 30.8. The van der Waals surface area contributed by atoms with Crippen LogP contribution >= 0.6 is 0 Å². The number of rotatable bonds is 18. The first-order chi connectivity index (χ1) is 21.7. The molecule has 0 saturated heterocycles. The lowest BCUT2D eigenvalue weighted by atomic mass is 10.0. The highest BCUT2D eigenvalue weighted by molar-refractivity contribution is 5.68. The lowest BCUT2D eigenvalue weighted by molar-refractivity contribution is -0.112. The van der Waals surface area contributed by atoms with Crippen molar-refractivity contribution < 1.29 is 23.7 Å². The van der Waals surface area contributed by atoms with Crippen LogP contribution in [-0.2, 0) is 45.4 Å². The van der Waals surface area contributed by atoms with Gasteiger partial charge in [0.1, 0.15) is 18.8 Å². The summed E-state index contributed by atoms with van der Waals surface area (Å²) in [6.45, 7) is 9.56. The van der Waals surface area contributed by atoms with Crippen LogP contribution in [0.2, 0.25) is 0 Å². The molecule has 0 fully saturated rings. The molecule has 44 heavy (non-hydrogen) atoms. The maximum absolute atomic E-state index is 13.7. The first-order valence-electron chi connectivity index (χ1n) is 14.8. The number of hydrogen-bond donors (Lipinski definition) is 0. The van der Waals surface area contributed by atoms with E-state index in [0.29, 0.717) is 19.8 Å². The van der Waals surface area contributed by atoms with Crippen molar-refractivity contribution in [2.75, 3.05) is 13.2 Å². The van der Waals surface area contributed by atoms with Crippen molar-refractivity contribution >= 4 is 6.09 Å². The van der Waals surface area contributed by atoms with Gasteiger partial charge >= 0.3 is 6.09 Å². The van der Waals surface area contributed by atoms with Crippen molar-refractivity contribution in [2.24, 2.45) is 0 Å². The van der Waals surface area contributed by atoms with Gasteiger partial charge in [-0.3, -0.25) is 4.90 Å².